The summed E-state index contributed by atoms with van der Waals surface area (Å²) >= 11 is 0. The first-order valence-corrected chi connectivity index (χ1v) is 8.19. The number of rotatable bonds is 8. The van der Waals surface area contributed by atoms with Gasteiger partial charge in [-0.25, -0.2) is 0 Å². The number of nitrogens with one attached hydrogen (secondary N) is 1. The number of piperidine rings is 1. The van der Waals surface area contributed by atoms with Gasteiger partial charge in [0.15, 0.2) is 0 Å². The summed E-state index contributed by atoms with van der Waals surface area (Å²) < 4.78 is 5.20. The molecule has 4 nitrogen and oxygen atoms in total. The van der Waals surface area contributed by atoms with Gasteiger partial charge in [-0.2, -0.15) is 0 Å². The third-order valence-electron chi connectivity index (χ3n) is 3.92. The van der Waals surface area contributed by atoms with Crippen LogP contribution in [0.2, 0.25) is 0 Å². The molecule has 1 aliphatic heterocycles. The van der Waals surface area contributed by atoms with E-state index in [1.807, 2.05) is 6.92 Å². The highest BCUT2D eigenvalue weighted by atomic mass is 16.5. The molecule has 0 aromatic heterocycles. The smallest absolute Gasteiger partial charge is 0.323 e. The van der Waals surface area contributed by atoms with Gasteiger partial charge in [0, 0.05) is 6.54 Å². The van der Waals surface area contributed by atoms with Crippen LogP contribution in [0.15, 0.2) is 0 Å². The maximum absolute atomic E-state index is 12.0. The molecule has 118 valence electrons. The lowest BCUT2D eigenvalue weighted by atomic mass is 9.96. The van der Waals surface area contributed by atoms with E-state index in [1.165, 1.54) is 12.8 Å². The molecule has 0 radical (unpaired) electrons. The SMILES string of the molecule is CCOC(=O)C(CC)N1CCCC(CNCC(C)C)C1. The van der Waals surface area contributed by atoms with E-state index in [4.69, 9.17) is 4.74 Å². The minimum Gasteiger partial charge on any atom is -0.465 e. The maximum Gasteiger partial charge on any atom is 0.323 e. The van der Waals surface area contributed by atoms with Crippen LogP contribution in [-0.4, -0.2) is 49.7 Å². The van der Waals surface area contributed by atoms with E-state index in [-0.39, 0.29) is 12.0 Å². The van der Waals surface area contributed by atoms with Crippen LogP contribution in [0.4, 0.5) is 0 Å². The second kappa shape index (κ2) is 9.35. The Labute approximate surface area is 124 Å². The number of carbonyl (C=O) groups excluding carboxylic acids is 1. The number of esters is 1. The summed E-state index contributed by atoms with van der Waals surface area (Å²) in [5.41, 5.74) is 0. The van der Waals surface area contributed by atoms with Crippen molar-refractivity contribution in [2.45, 2.75) is 53.0 Å². The number of ether oxygens (including phenoxy) is 1. The fourth-order valence-corrected chi connectivity index (χ4v) is 2.94. The van der Waals surface area contributed by atoms with E-state index in [9.17, 15) is 4.79 Å². The Balaban J connectivity index is 2.43. The highest BCUT2D eigenvalue weighted by Gasteiger charge is 2.29. The molecule has 1 saturated heterocycles. The molecule has 1 heterocycles. The molecule has 0 aromatic carbocycles. The van der Waals surface area contributed by atoms with Gasteiger partial charge in [0.25, 0.3) is 0 Å². The molecule has 0 amide bonds. The van der Waals surface area contributed by atoms with Crippen LogP contribution >= 0.6 is 0 Å². The third kappa shape index (κ3) is 5.80. The minimum absolute atomic E-state index is 0.0502. The van der Waals surface area contributed by atoms with Crippen LogP contribution in [-0.2, 0) is 9.53 Å². The van der Waals surface area contributed by atoms with Gasteiger partial charge in [-0.1, -0.05) is 20.8 Å². The zero-order valence-corrected chi connectivity index (χ0v) is 13.7. The molecule has 1 fully saturated rings. The molecule has 2 unspecified atom stereocenters. The van der Waals surface area contributed by atoms with Gasteiger partial charge < -0.3 is 10.1 Å². The zero-order chi connectivity index (χ0) is 15.0. The second-order valence-corrected chi connectivity index (χ2v) is 6.23. The number of likely N-dealkylation sites (tertiary alicyclic amines) is 1. The summed E-state index contributed by atoms with van der Waals surface area (Å²) in [5.74, 6) is 1.30. The molecule has 1 rings (SSSR count). The van der Waals surface area contributed by atoms with Crippen molar-refractivity contribution in [2.24, 2.45) is 11.8 Å². The van der Waals surface area contributed by atoms with Gasteiger partial charge in [0.2, 0.25) is 0 Å². The fraction of sp³-hybridized carbons (Fsp3) is 0.938. The Morgan fingerprint density at radius 3 is 2.75 bits per heavy atom. The molecule has 0 aliphatic carbocycles. The molecule has 0 aromatic rings. The van der Waals surface area contributed by atoms with E-state index in [0.29, 0.717) is 18.4 Å². The van der Waals surface area contributed by atoms with Crippen LogP contribution < -0.4 is 5.32 Å². The molecule has 2 atom stereocenters. The standard InChI is InChI=1S/C16H32N2O2/c1-5-15(16(19)20-6-2)18-9-7-8-14(12-18)11-17-10-13(3)4/h13-15,17H,5-12H2,1-4H3. The fourth-order valence-electron chi connectivity index (χ4n) is 2.94. The van der Waals surface area contributed by atoms with Crippen molar-refractivity contribution in [1.82, 2.24) is 10.2 Å². The Bertz CT molecular complexity index is 282. The molecule has 20 heavy (non-hydrogen) atoms. The normalized spacial score (nSPS) is 21.9. The average Bonchev–Trinajstić information content (AvgIpc) is 2.40. The highest BCUT2D eigenvalue weighted by Crippen LogP contribution is 2.20. The first-order valence-electron chi connectivity index (χ1n) is 8.19. The van der Waals surface area contributed by atoms with Crippen LogP contribution in [0.5, 0.6) is 0 Å². The van der Waals surface area contributed by atoms with E-state index in [1.54, 1.807) is 0 Å². The monoisotopic (exact) mass is 284 g/mol. The van der Waals surface area contributed by atoms with Crippen LogP contribution in [0.1, 0.15) is 47.0 Å². The van der Waals surface area contributed by atoms with Gasteiger partial charge in [-0.15, -0.1) is 0 Å². The zero-order valence-electron chi connectivity index (χ0n) is 13.7. The quantitative estimate of drug-likeness (QED) is 0.694. The van der Waals surface area contributed by atoms with Crippen LogP contribution in [0.3, 0.4) is 0 Å². The topological polar surface area (TPSA) is 41.6 Å². The van der Waals surface area contributed by atoms with E-state index in [0.717, 1.165) is 32.6 Å². The number of hydrogen-bond acceptors (Lipinski definition) is 4. The van der Waals surface area contributed by atoms with Gasteiger partial charge in [0.05, 0.1) is 6.61 Å². The van der Waals surface area contributed by atoms with Crippen LogP contribution in [0.25, 0.3) is 0 Å². The lowest BCUT2D eigenvalue weighted by molar-refractivity contribution is -0.150. The van der Waals surface area contributed by atoms with Crippen molar-refractivity contribution < 1.29 is 9.53 Å². The summed E-state index contributed by atoms with van der Waals surface area (Å²) in [6.07, 6.45) is 3.29. The van der Waals surface area contributed by atoms with Crippen molar-refractivity contribution >= 4 is 5.97 Å². The lowest BCUT2D eigenvalue weighted by Gasteiger charge is -2.37. The Kier molecular flexibility index (Phi) is 8.15. The van der Waals surface area contributed by atoms with Crippen molar-refractivity contribution in [3.8, 4) is 0 Å². The average molecular weight is 284 g/mol. The lowest BCUT2D eigenvalue weighted by Crippen LogP contribution is -2.48. The number of carbonyl (C=O) groups is 1. The number of nitrogens with zero attached hydrogens (tertiary/aromatic N) is 1. The molecule has 4 heteroatoms. The molecular weight excluding hydrogens is 252 g/mol. The largest absolute Gasteiger partial charge is 0.465 e. The predicted molar refractivity (Wildman–Crippen MR) is 82.7 cm³/mol. The van der Waals surface area contributed by atoms with Crippen LogP contribution in [0, 0.1) is 11.8 Å². The van der Waals surface area contributed by atoms with E-state index < -0.39 is 0 Å². The second-order valence-electron chi connectivity index (χ2n) is 6.23. The molecule has 0 saturated carbocycles. The van der Waals surface area contributed by atoms with Gasteiger partial charge in [-0.3, -0.25) is 9.69 Å². The van der Waals surface area contributed by atoms with Gasteiger partial charge >= 0.3 is 5.97 Å². The van der Waals surface area contributed by atoms with E-state index in [2.05, 4.69) is 31.0 Å². The summed E-state index contributed by atoms with van der Waals surface area (Å²) in [5, 5.41) is 3.54. The molecule has 1 N–H and O–H groups in total. The molecule has 0 bridgehead atoms. The molecular formula is C16H32N2O2. The highest BCUT2D eigenvalue weighted by molar-refractivity contribution is 5.75. The van der Waals surface area contributed by atoms with Gasteiger partial charge in [-0.05, 0) is 57.7 Å². The third-order valence-corrected chi connectivity index (χ3v) is 3.92. The Morgan fingerprint density at radius 2 is 2.15 bits per heavy atom. The first kappa shape index (κ1) is 17.4. The van der Waals surface area contributed by atoms with E-state index >= 15 is 0 Å². The Hall–Kier alpha value is -0.610. The Morgan fingerprint density at radius 1 is 1.40 bits per heavy atom. The minimum atomic E-state index is -0.0529. The van der Waals surface area contributed by atoms with Crippen molar-refractivity contribution in [3.63, 3.8) is 0 Å². The molecule has 0 spiro atoms. The molecule has 1 aliphatic rings. The summed E-state index contributed by atoms with van der Waals surface area (Å²) in [6.45, 7) is 13.1. The number of hydrogen-bond donors (Lipinski definition) is 1. The maximum atomic E-state index is 12.0. The van der Waals surface area contributed by atoms with Gasteiger partial charge in [0.1, 0.15) is 6.04 Å². The summed E-state index contributed by atoms with van der Waals surface area (Å²) in [4.78, 5) is 14.3. The van der Waals surface area contributed by atoms with Crippen molar-refractivity contribution in [1.29, 1.82) is 0 Å². The predicted octanol–water partition coefficient (Wildman–Crippen LogP) is 2.29. The first-order chi connectivity index (χ1) is 9.58. The van der Waals surface area contributed by atoms with Crippen molar-refractivity contribution in [2.75, 3.05) is 32.8 Å². The summed E-state index contributed by atoms with van der Waals surface area (Å²) in [7, 11) is 0. The van der Waals surface area contributed by atoms with Crippen molar-refractivity contribution in [3.05, 3.63) is 0 Å². The summed E-state index contributed by atoms with van der Waals surface area (Å²) in [6, 6.07) is -0.0529.